The third-order valence-corrected chi connectivity index (χ3v) is 7.77. The number of nitrogens with zero attached hydrogens (tertiary/aromatic N) is 1. The number of rotatable bonds is 8. The van der Waals surface area contributed by atoms with E-state index in [9.17, 15) is 14.7 Å². The summed E-state index contributed by atoms with van der Waals surface area (Å²) in [7, 11) is 1.78. The first-order valence-corrected chi connectivity index (χ1v) is 12.7. The van der Waals surface area contributed by atoms with E-state index in [-0.39, 0.29) is 29.1 Å². The van der Waals surface area contributed by atoms with E-state index >= 15 is 0 Å². The molecule has 0 bridgehead atoms. The van der Waals surface area contributed by atoms with E-state index in [0.29, 0.717) is 12.2 Å². The van der Waals surface area contributed by atoms with Crippen LogP contribution < -0.4 is 10.1 Å². The van der Waals surface area contributed by atoms with Crippen LogP contribution in [0.1, 0.15) is 43.7 Å². The van der Waals surface area contributed by atoms with Gasteiger partial charge in [-0.15, -0.1) is 6.58 Å². The number of phenolic OH excluding ortho intramolecular Hbond substituents is 1. The molecule has 1 aliphatic carbocycles. The molecule has 2 aromatic carbocycles. The van der Waals surface area contributed by atoms with Crippen molar-refractivity contribution in [2.24, 2.45) is 0 Å². The first-order chi connectivity index (χ1) is 17.8. The lowest BCUT2D eigenvalue weighted by Gasteiger charge is -2.59. The number of fused-ring (bicyclic) bond motifs is 1. The summed E-state index contributed by atoms with van der Waals surface area (Å²) in [6.07, 6.45) is 8.23. The molecule has 1 saturated carbocycles. The fraction of sp³-hybridized carbons (Fsp3) is 0.400. The van der Waals surface area contributed by atoms with Crippen molar-refractivity contribution in [3.63, 3.8) is 0 Å². The fourth-order valence-electron chi connectivity index (χ4n) is 6.13. The number of ether oxygens (including phenoxy) is 2. The molecule has 0 unspecified atom stereocenters. The monoisotopic (exact) mass is 504 g/mol. The molecular formula is C30H36N2O5. The minimum Gasteiger partial charge on any atom is -0.508 e. The molecule has 37 heavy (non-hydrogen) atoms. The van der Waals surface area contributed by atoms with E-state index in [1.807, 2.05) is 24.3 Å². The molecule has 2 aromatic rings. The summed E-state index contributed by atoms with van der Waals surface area (Å²) >= 11 is 0. The van der Waals surface area contributed by atoms with Gasteiger partial charge in [-0.2, -0.15) is 0 Å². The standard InChI is InChI=1S/C30H36N2O5/c1-4-16-32-17-15-29(24-8-6-10-27(19-24)37-22(2)33)20-25(13-14-30(29,21-32)36-3)31-28(35)12-11-23-7-5-9-26(34)18-23/h4-12,18-19,25,34H,1,13-17,20-21H2,2-3H3,(H,31,35)/t25-,29+,30+/m1/s1. The Hall–Kier alpha value is -3.42. The van der Waals surface area contributed by atoms with E-state index in [1.165, 1.54) is 13.0 Å². The number of piperidine rings is 1. The van der Waals surface area contributed by atoms with Crippen molar-refractivity contribution in [3.8, 4) is 11.5 Å². The third-order valence-electron chi connectivity index (χ3n) is 7.77. The van der Waals surface area contributed by atoms with Crippen molar-refractivity contribution in [2.75, 3.05) is 26.7 Å². The lowest BCUT2D eigenvalue weighted by Crippen LogP contribution is -2.67. The van der Waals surface area contributed by atoms with Crippen LogP contribution >= 0.6 is 0 Å². The Morgan fingerprint density at radius 1 is 1.22 bits per heavy atom. The van der Waals surface area contributed by atoms with Crippen LogP contribution in [0.4, 0.5) is 0 Å². The number of amides is 1. The van der Waals surface area contributed by atoms with Gasteiger partial charge < -0.3 is 19.9 Å². The molecule has 0 radical (unpaired) electrons. The van der Waals surface area contributed by atoms with Crippen LogP contribution in [0.2, 0.25) is 0 Å². The first kappa shape index (κ1) is 26.6. The topological polar surface area (TPSA) is 88.1 Å². The number of esters is 1. The van der Waals surface area contributed by atoms with Crippen molar-refractivity contribution in [1.29, 1.82) is 0 Å². The summed E-state index contributed by atoms with van der Waals surface area (Å²) in [4.78, 5) is 26.9. The highest BCUT2D eigenvalue weighted by Crippen LogP contribution is 2.53. The maximum Gasteiger partial charge on any atom is 0.308 e. The predicted molar refractivity (Wildman–Crippen MR) is 143 cm³/mol. The predicted octanol–water partition coefficient (Wildman–Crippen LogP) is 4.21. The molecular weight excluding hydrogens is 468 g/mol. The first-order valence-electron chi connectivity index (χ1n) is 12.7. The third kappa shape index (κ3) is 5.78. The Morgan fingerprint density at radius 3 is 2.76 bits per heavy atom. The zero-order valence-electron chi connectivity index (χ0n) is 21.6. The zero-order chi connectivity index (χ0) is 26.5. The Bertz CT molecular complexity index is 1180. The number of benzene rings is 2. The quantitative estimate of drug-likeness (QED) is 0.242. The van der Waals surface area contributed by atoms with Crippen LogP contribution in [0.5, 0.6) is 11.5 Å². The SMILES string of the molecule is C=CCN1CC[C@@]2(c3cccc(OC(C)=O)c3)C[C@H](NC(=O)C=Cc3cccc(O)c3)CC[C@]2(OC)C1. The Morgan fingerprint density at radius 2 is 2.03 bits per heavy atom. The summed E-state index contributed by atoms with van der Waals surface area (Å²) in [6.45, 7) is 7.72. The van der Waals surface area contributed by atoms with Gasteiger partial charge in [0.2, 0.25) is 5.91 Å². The second kappa shape index (κ2) is 11.3. The van der Waals surface area contributed by atoms with Gasteiger partial charge in [-0.1, -0.05) is 30.3 Å². The van der Waals surface area contributed by atoms with Crippen LogP contribution in [0.3, 0.4) is 0 Å². The summed E-state index contributed by atoms with van der Waals surface area (Å²) in [5.41, 5.74) is 0.980. The van der Waals surface area contributed by atoms with Gasteiger partial charge in [-0.05, 0) is 73.7 Å². The van der Waals surface area contributed by atoms with E-state index in [0.717, 1.165) is 50.0 Å². The molecule has 7 nitrogen and oxygen atoms in total. The van der Waals surface area contributed by atoms with Crippen molar-refractivity contribution in [2.45, 2.75) is 49.7 Å². The van der Waals surface area contributed by atoms with Crippen molar-refractivity contribution in [1.82, 2.24) is 10.2 Å². The maximum absolute atomic E-state index is 12.9. The Labute approximate surface area is 218 Å². The molecule has 2 fully saturated rings. The smallest absolute Gasteiger partial charge is 0.308 e. The van der Waals surface area contributed by atoms with Gasteiger partial charge >= 0.3 is 5.97 Å². The van der Waals surface area contributed by atoms with Crippen molar-refractivity contribution < 1.29 is 24.2 Å². The Balaban J connectivity index is 1.62. The van der Waals surface area contributed by atoms with Crippen LogP contribution in [0.25, 0.3) is 6.08 Å². The summed E-state index contributed by atoms with van der Waals surface area (Å²) < 4.78 is 11.8. The van der Waals surface area contributed by atoms with E-state index < -0.39 is 5.60 Å². The number of carbonyl (C=O) groups excluding carboxylic acids is 2. The van der Waals surface area contributed by atoms with Crippen LogP contribution in [-0.4, -0.2) is 60.3 Å². The lowest BCUT2D eigenvalue weighted by molar-refractivity contribution is -0.149. The average molecular weight is 505 g/mol. The molecule has 7 heteroatoms. The number of phenols is 1. The molecule has 1 aliphatic heterocycles. The molecule has 0 spiro atoms. The maximum atomic E-state index is 12.9. The van der Waals surface area contributed by atoms with E-state index in [4.69, 9.17) is 9.47 Å². The molecule has 196 valence electrons. The number of nitrogens with one attached hydrogen (secondary N) is 1. The summed E-state index contributed by atoms with van der Waals surface area (Å²) in [5, 5.41) is 12.9. The van der Waals surface area contributed by atoms with E-state index in [1.54, 1.807) is 37.5 Å². The normalized spacial score (nSPS) is 25.8. The highest BCUT2D eigenvalue weighted by molar-refractivity contribution is 5.92. The molecule has 1 amide bonds. The lowest BCUT2D eigenvalue weighted by atomic mass is 9.55. The molecule has 1 heterocycles. The van der Waals surface area contributed by atoms with Crippen molar-refractivity contribution in [3.05, 3.63) is 78.4 Å². The molecule has 4 rings (SSSR count). The minimum absolute atomic E-state index is 0.0482. The van der Waals surface area contributed by atoms with Gasteiger partial charge in [0.05, 0.1) is 5.60 Å². The van der Waals surface area contributed by atoms with Crippen LogP contribution in [0, 0.1) is 0 Å². The van der Waals surface area contributed by atoms with Gasteiger partial charge in [0.15, 0.2) is 0 Å². The highest BCUT2D eigenvalue weighted by Gasteiger charge is 2.58. The highest BCUT2D eigenvalue weighted by atomic mass is 16.5. The zero-order valence-corrected chi connectivity index (χ0v) is 21.6. The molecule has 3 atom stereocenters. The fourth-order valence-corrected chi connectivity index (χ4v) is 6.13. The molecule has 2 aliphatic rings. The van der Waals surface area contributed by atoms with Gasteiger partial charge in [0.1, 0.15) is 11.5 Å². The molecule has 1 saturated heterocycles. The number of methoxy groups -OCH3 is 1. The summed E-state index contributed by atoms with van der Waals surface area (Å²) in [6, 6.07) is 14.5. The number of hydrogen-bond donors (Lipinski definition) is 2. The molecule has 0 aromatic heterocycles. The van der Waals surface area contributed by atoms with Gasteiger partial charge in [-0.25, -0.2) is 0 Å². The van der Waals surface area contributed by atoms with Gasteiger partial charge in [-0.3, -0.25) is 14.5 Å². The summed E-state index contributed by atoms with van der Waals surface area (Å²) in [5.74, 6) is 0.136. The second-order valence-electron chi connectivity index (χ2n) is 10.1. The number of carbonyl (C=O) groups is 2. The second-order valence-corrected chi connectivity index (χ2v) is 10.1. The van der Waals surface area contributed by atoms with Crippen LogP contribution in [0.15, 0.2) is 67.3 Å². The van der Waals surface area contributed by atoms with Crippen molar-refractivity contribution >= 4 is 18.0 Å². The minimum atomic E-state index is -0.457. The molecule has 2 N–H and O–H groups in total. The Kier molecular flexibility index (Phi) is 8.15. The number of hydrogen-bond acceptors (Lipinski definition) is 6. The van der Waals surface area contributed by atoms with Gasteiger partial charge in [0, 0.05) is 44.7 Å². The van der Waals surface area contributed by atoms with Gasteiger partial charge in [0.25, 0.3) is 0 Å². The average Bonchev–Trinajstić information content (AvgIpc) is 2.87. The van der Waals surface area contributed by atoms with Crippen LogP contribution in [-0.2, 0) is 19.7 Å². The van der Waals surface area contributed by atoms with E-state index in [2.05, 4.69) is 22.9 Å². The number of likely N-dealkylation sites (tertiary alicyclic amines) is 1. The number of aromatic hydroxyl groups is 1. The largest absolute Gasteiger partial charge is 0.508 e.